The van der Waals surface area contributed by atoms with E-state index in [0.29, 0.717) is 0 Å². The van der Waals surface area contributed by atoms with Gasteiger partial charge in [-0.3, -0.25) is 0 Å². The lowest BCUT2D eigenvalue weighted by Gasteiger charge is -2.24. The van der Waals surface area contributed by atoms with Crippen molar-refractivity contribution in [3.63, 3.8) is 0 Å². The first-order valence-electron chi connectivity index (χ1n) is 18.4. The first kappa shape index (κ1) is 29.7. The molecule has 1 aliphatic rings. The van der Waals surface area contributed by atoms with Gasteiger partial charge in [0.25, 0.3) is 0 Å². The predicted octanol–water partition coefficient (Wildman–Crippen LogP) is 15.5. The van der Waals surface area contributed by atoms with Crippen molar-refractivity contribution in [2.45, 2.75) is 19.3 Å². The van der Waals surface area contributed by atoms with E-state index in [1.54, 1.807) is 0 Å². The molecule has 0 saturated heterocycles. The van der Waals surface area contributed by atoms with E-state index in [4.69, 9.17) is 0 Å². The third-order valence-electron chi connectivity index (χ3n) is 12.0. The summed E-state index contributed by atoms with van der Waals surface area (Å²) in [7, 11) is 0. The van der Waals surface area contributed by atoms with Crippen molar-refractivity contribution in [2.24, 2.45) is 0 Å². The summed E-state index contributed by atoms with van der Waals surface area (Å²) >= 11 is 3.86. The van der Waals surface area contributed by atoms with E-state index in [1.165, 1.54) is 117 Å². The summed E-state index contributed by atoms with van der Waals surface area (Å²) in [5.74, 6) is 0. The first-order valence-corrected chi connectivity index (χ1v) is 20.1. The van der Waals surface area contributed by atoms with Crippen LogP contribution in [0.2, 0.25) is 0 Å². The van der Waals surface area contributed by atoms with Gasteiger partial charge in [0.2, 0.25) is 0 Å². The van der Waals surface area contributed by atoms with E-state index in [-0.39, 0.29) is 5.41 Å². The molecule has 248 valence electrons. The van der Waals surface area contributed by atoms with Crippen LogP contribution in [0.1, 0.15) is 25.0 Å². The maximum absolute atomic E-state index is 2.53. The molecular formula is C51H32S2. The molecule has 0 nitrogen and oxygen atoms in total. The second-order valence-corrected chi connectivity index (χ2v) is 17.2. The molecular weight excluding hydrogens is 677 g/mol. The quantitative estimate of drug-likeness (QED) is 0.157. The van der Waals surface area contributed by atoms with Crippen molar-refractivity contribution in [1.82, 2.24) is 0 Å². The molecule has 0 amide bonds. The van der Waals surface area contributed by atoms with Gasteiger partial charge < -0.3 is 0 Å². The zero-order valence-corrected chi connectivity index (χ0v) is 31.0. The van der Waals surface area contributed by atoms with Crippen LogP contribution in [0.25, 0.3) is 106 Å². The molecule has 0 aliphatic heterocycles. The molecule has 0 fully saturated rings. The van der Waals surface area contributed by atoms with Gasteiger partial charge in [0.15, 0.2) is 0 Å². The van der Waals surface area contributed by atoms with E-state index in [2.05, 4.69) is 172 Å². The monoisotopic (exact) mass is 708 g/mol. The molecule has 0 bridgehead atoms. The minimum Gasteiger partial charge on any atom is -0.135 e. The van der Waals surface area contributed by atoms with Crippen LogP contribution in [0.3, 0.4) is 0 Å². The average molecular weight is 709 g/mol. The van der Waals surface area contributed by atoms with Crippen LogP contribution in [0.15, 0.2) is 158 Å². The maximum atomic E-state index is 2.53. The standard InChI is InChI=1S/C51H32S2/c1-51(2)41-28-29(26-27-38(41)47-48(51)36-20-8-7-19-35(36)46-39-21-10-12-25-43(39)53-50(46)47)44-31-15-3-5-17-33(31)45(34-18-6-4-16-32(34)44)40-23-13-22-37-30-14-9-11-24-42(30)52-49(37)40/h3-28H,1-2H3. The number of fused-ring (bicyclic) bond motifs is 15. The Morgan fingerprint density at radius 2 is 0.906 bits per heavy atom. The lowest BCUT2D eigenvalue weighted by atomic mass is 9.78. The summed E-state index contributed by atoms with van der Waals surface area (Å²) < 4.78 is 5.46. The Balaban J connectivity index is 1.15. The molecule has 1 aliphatic carbocycles. The maximum Gasteiger partial charge on any atom is 0.0443 e. The van der Waals surface area contributed by atoms with E-state index in [1.807, 2.05) is 22.7 Å². The number of hydrogen-bond acceptors (Lipinski definition) is 2. The van der Waals surface area contributed by atoms with Gasteiger partial charge in [-0.15, -0.1) is 22.7 Å². The van der Waals surface area contributed by atoms with E-state index >= 15 is 0 Å². The van der Waals surface area contributed by atoms with E-state index in [9.17, 15) is 0 Å². The van der Waals surface area contributed by atoms with Crippen molar-refractivity contribution in [1.29, 1.82) is 0 Å². The largest absolute Gasteiger partial charge is 0.135 e. The molecule has 2 heteroatoms. The number of thiophene rings is 2. The topological polar surface area (TPSA) is 0 Å². The molecule has 11 aromatic rings. The van der Waals surface area contributed by atoms with Gasteiger partial charge in [0, 0.05) is 56.9 Å². The predicted molar refractivity (Wildman–Crippen MR) is 233 cm³/mol. The van der Waals surface area contributed by atoms with Gasteiger partial charge in [-0.2, -0.15) is 0 Å². The van der Waals surface area contributed by atoms with Gasteiger partial charge in [-0.25, -0.2) is 0 Å². The lowest BCUT2D eigenvalue weighted by molar-refractivity contribution is 0.667. The molecule has 2 heterocycles. The molecule has 0 radical (unpaired) electrons. The fourth-order valence-electron chi connectivity index (χ4n) is 9.81. The van der Waals surface area contributed by atoms with Crippen molar-refractivity contribution in [3.05, 3.63) is 169 Å². The smallest absolute Gasteiger partial charge is 0.0443 e. The molecule has 53 heavy (non-hydrogen) atoms. The van der Waals surface area contributed by atoms with E-state index < -0.39 is 0 Å². The van der Waals surface area contributed by atoms with Gasteiger partial charge in [0.05, 0.1) is 0 Å². The summed E-state index contributed by atoms with van der Waals surface area (Å²) in [4.78, 5) is 0. The van der Waals surface area contributed by atoms with Gasteiger partial charge in [-0.05, 0) is 83.9 Å². The average Bonchev–Trinajstić information content (AvgIpc) is 3.85. The Labute approximate surface area is 315 Å². The number of hydrogen-bond donors (Lipinski definition) is 0. The lowest BCUT2D eigenvalue weighted by Crippen LogP contribution is -2.15. The van der Waals surface area contributed by atoms with Crippen LogP contribution in [0.4, 0.5) is 0 Å². The fraction of sp³-hybridized carbons (Fsp3) is 0.0588. The molecule has 0 atom stereocenters. The molecule has 2 aromatic heterocycles. The second-order valence-electron chi connectivity index (χ2n) is 15.1. The van der Waals surface area contributed by atoms with Crippen molar-refractivity contribution in [2.75, 3.05) is 0 Å². The van der Waals surface area contributed by atoms with Crippen LogP contribution in [-0.4, -0.2) is 0 Å². The Hall–Kier alpha value is -5.80. The summed E-state index contributed by atoms with van der Waals surface area (Å²) in [5, 5.41) is 13.3. The Kier molecular flexibility index (Phi) is 5.97. The third-order valence-corrected chi connectivity index (χ3v) is 14.4. The molecule has 12 rings (SSSR count). The summed E-state index contributed by atoms with van der Waals surface area (Å²) in [5.41, 5.74) is 10.7. The second kappa shape index (κ2) is 10.6. The highest BCUT2D eigenvalue weighted by molar-refractivity contribution is 7.27. The minimum atomic E-state index is -0.174. The van der Waals surface area contributed by atoms with Crippen LogP contribution < -0.4 is 0 Å². The molecule has 0 spiro atoms. The highest BCUT2D eigenvalue weighted by Gasteiger charge is 2.39. The van der Waals surface area contributed by atoms with Crippen molar-refractivity contribution >= 4 is 95.3 Å². The van der Waals surface area contributed by atoms with Crippen molar-refractivity contribution < 1.29 is 0 Å². The number of rotatable bonds is 2. The Morgan fingerprint density at radius 3 is 1.60 bits per heavy atom. The SMILES string of the molecule is CC1(C)c2cc(-c3c4ccccc4c(-c4cccc5c4sc4ccccc45)c4ccccc34)ccc2-c2c1c1ccccc1c1c2sc2ccccc21. The molecule has 9 aromatic carbocycles. The molecule has 0 unspecified atom stereocenters. The van der Waals surface area contributed by atoms with Gasteiger partial charge in [-0.1, -0.05) is 153 Å². The minimum absolute atomic E-state index is 0.174. The van der Waals surface area contributed by atoms with Crippen molar-refractivity contribution in [3.8, 4) is 33.4 Å². The zero-order chi connectivity index (χ0) is 35.0. The van der Waals surface area contributed by atoms with Crippen LogP contribution in [0.5, 0.6) is 0 Å². The normalized spacial score (nSPS) is 13.6. The van der Waals surface area contributed by atoms with Gasteiger partial charge in [0.1, 0.15) is 0 Å². The Bertz CT molecular complexity index is 3310. The summed E-state index contributed by atoms with van der Waals surface area (Å²) in [6.07, 6.45) is 0. The summed E-state index contributed by atoms with van der Waals surface area (Å²) in [6, 6.07) is 59.3. The molecule has 0 N–H and O–H groups in total. The number of benzene rings is 9. The first-order chi connectivity index (χ1) is 26.1. The van der Waals surface area contributed by atoms with Crippen LogP contribution in [-0.2, 0) is 5.41 Å². The van der Waals surface area contributed by atoms with Gasteiger partial charge >= 0.3 is 0 Å². The fourth-order valence-corrected chi connectivity index (χ4v) is 12.3. The Morgan fingerprint density at radius 1 is 0.377 bits per heavy atom. The highest BCUT2D eigenvalue weighted by atomic mass is 32.1. The zero-order valence-electron chi connectivity index (χ0n) is 29.3. The van der Waals surface area contributed by atoms with Crippen LogP contribution in [0, 0.1) is 0 Å². The van der Waals surface area contributed by atoms with E-state index in [0.717, 1.165) is 0 Å². The highest BCUT2D eigenvalue weighted by Crippen LogP contribution is 2.58. The molecule has 0 saturated carbocycles. The van der Waals surface area contributed by atoms with Crippen LogP contribution >= 0.6 is 22.7 Å². The third kappa shape index (κ3) is 3.90. The summed E-state index contributed by atoms with van der Waals surface area (Å²) in [6.45, 7) is 4.88.